The van der Waals surface area contributed by atoms with Crippen LogP contribution in [0.2, 0.25) is 0 Å². The van der Waals surface area contributed by atoms with Gasteiger partial charge in [0, 0.05) is 11.9 Å². The molecule has 4 nitrogen and oxygen atoms in total. The fourth-order valence-corrected chi connectivity index (χ4v) is 2.10. The first-order valence-corrected chi connectivity index (χ1v) is 6.01. The Morgan fingerprint density at radius 2 is 2.00 bits per heavy atom. The number of pyridine rings is 1. The highest BCUT2D eigenvalue weighted by Crippen LogP contribution is 2.17. The van der Waals surface area contributed by atoms with E-state index in [1.54, 1.807) is 6.20 Å². The Morgan fingerprint density at radius 1 is 1.06 bits per heavy atom. The number of benzene rings is 1. The van der Waals surface area contributed by atoms with Crippen molar-refractivity contribution < 1.29 is 0 Å². The molecular weight excluding hydrogens is 232 g/mol. The zero-order valence-electron chi connectivity index (χ0n) is 9.00. The van der Waals surface area contributed by atoms with Crippen LogP contribution in [0.15, 0.2) is 42.6 Å². The van der Waals surface area contributed by atoms with Crippen LogP contribution in [0.3, 0.4) is 0 Å². The molecule has 0 aliphatic rings. The summed E-state index contributed by atoms with van der Waals surface area (Å²) in [6, 6.07) is 11.9. The van der Waals surface area contributed by atoms with Crippen LogP contribution < -0.4 is 5.32 Å². The van der Waals surface area contributed by atoms with Crippen molar-refractivity contribution in [3.63, 3.8) is 0 Å². The molecule has 3 aromatic rings. The number of hydrogen-bond donors (Lipinski definition) is 1. The maximum atomic E-state index is 4.26. The molecule has 5 heteroatoms. The van der Waals surface area contributed by atoms with Crippen molar-refractivity contribution in [3.05, 3.63) is 48.3 Å². The predicted molar refractivity (Wildman–Crippen MR) is 69.0 cm³/mol. The Hall–Kier alpha value is -2.01. The third kappa shape index (κ3) is 2.24. The van der Waals surface area contributed by atoms with E-state index in [2.05, 4.69) is 19.0 Å². The third-order valence-electron chi connectivity index (χ3n) is 2.45. The maximum Gasteiger partial charge on any atom is 0.106 e. The van der Waals surface area contributed by atoms with Gasteiger partial charge in [-0.2, -0.15) is 8.75 Å². The summed E-state index contributed by atoms with van der Waals surface area (Å²) >= 11 is 1.24. The molecule has 0 saturated heterocycles. The zero-order chi connectivity index (χ0) is 11.5. The van der Waals surface area contributed by atoms with E-state index in [4.69, 9.17) is 0 Å². The molecule has 0 amide bonds. The van der Waals surface area contributed by atoms with Crippen molar-refractivity contribution in [2.75, 3.05) is 5.32 Å². The first-order chi connectivity index (χ1) is 8.42. The van der Waals surface area contributed by atoms with E-state index in [1.165, 1.54) is 11.7 Å². The molecule has 0 aliphatic heterocycles. The summed E-state index contributed by atoms with van der Waals surface area (Å²) in [7, 11) is 0. The van der Waals surface area contributed by atoms with E-state index in [0.717, 1.165) is 22.4 Å². The lowest BCUT2D eigenvalue weighted by Crippen LogP contribution is -2.00. The average Bonchev–Trinajstić information content (AvgIpc) is 2.85. The Balaban J connectivity index is 1.76. The topological polar surface area (TPSA) is 50.7 Å². The minimum atomic E-state index is 0.712. The summed E-state index contributed by atoms with van der Waals surface area (Å²) < 4.78 is 8.38. The number of aromatic nitrogens is 3. The fourth-order valence-electron chi connectivity index (χ4n) is 1.59. The molecule has 0 fully saturated rings. The molecule has 2 aromatic heterocycles. The predicted octanol–water partition coefficient (Wildman–Crippen LogP) is 2.70. The van der Waals surface area contributed by atoms with E-state index in [1.807, 2.05) is 36.4 Å². The van der Waals surface area contributed by atoms with Gasteiger partial charge >= 0.3 is 0 Å². The minimum Gasteiger partial charge on any atom is -0.379 e. The lowest BCUT2D eigenvalue weighted by Gasteiger charge is -2.05. The molecule has 0 spiro atoms. The largest absolute Gasteiger partial charge is 0.379 e. The number of fused-ring (bicyclic) bond motifs is 1. The summed E-state index contributed by atoms with van der Waals surface area (Å²) in [5.41, 5.74) is 3.93. The second-order valence-electron chi connectivity index (χ2n) is 3.64. The molecule has 0 radical (unpaired) electrons. The molecule has 1 aromatic carbocycles. The van der Waals surface area contributed by atoms with Gasteiger partial charge in [0.1, 0.15) is 11.0 Å². The molecule has 0 aliphatic carbocycles. The van der Waals surface area contributed by atoms with Crippen LogP contribution in [0.5, 0.6) is 0 Å². The first kappa shape index (κ1) is 10.2. The summed E-state index contributed by atoms with van der Waals surface area (Å²) in [4.78, 5) is 4.26. The van der Waals surface area contributed by atoms with Gasteiger partial charge < -0.3 is 5.32 Å². The molecule has 3 rings (SSSR count). The van der Waals surface area contributed by atoms with Crippen LogP contribution in [-0.4, -0.2) is 13.7 Å². The molecule has 1 N–H and O–H groups in total. The van der Waals surface area contributed by atoms with Crippen LogP contribution in [-0.2, 0) is 6.54 Å². The van der Waals surface area contributed by atoms with Crippen LogP contribution in [0.1, 0.15) is 5.69 Å². The number of rotatable bonds is 3. The van der Waals surface area contributed by atoms with Crippen LogP contribution in [0, 0.1) is 0 Å². The monoisotopic (exact) mass is 242 g/mol. The quantitative estimate of drug-likeness (QED) is 0.767. The van der Waals surface area contributed by atoms with Crippen molar-refractivity contribution in [1.82, 2.24) is 13.7 Å². The van der Waals surface area contributed by atoms with Crippen LogP contribution in [0.4, 0.5) is 5.69 Å². The van der Waals surface area contributed by atoms with Crippen molar-refractivity contribution in [2.45, 2.75) is 6.54 Å². The summed E-state index contributed by atoms with van der Waals surface area (Å²) in [5.74, 6) is 0. The second-order valence-corrected chi connectivity index (χ2v) is 4.17. The summed E-state index contributed by atoms with van der Waals surface area (Å²) in [6.45, 7) is 0.712. The minimum absolute atomic E-state index is 0.712. The Morgan fingerprint density at radius 3 is 2.88 bits per heavy atom. The van der Waals surface area contributed by atoms with Gasteiger partial charge in [-0.05, 0) is 30.3 Å². The van der Waals surface area contributed by atoms with Gasteiger partial charge in [0.15, 0.2) is 0 Å². The normalized spacial score (nSPS) is 10.6. The highest BCUT2D eigenvalue weighted by Gasteiger charge is 2.00. The van der Waals surface area contributed by atoms with Gasteiger partial charge in [-0.15, -0.1) is 0 Å². The molecule has 0 atom stereocenters. The molecule has 84 valence electrons. The van der Waals surface area contributed by atoms with Gasteiger partial charge in [0.05, 0.1) is 24.0 Å². The highest BCUT2D eigenvalue weighted by molar-refractivity contribution is 7.00. The lowest BCUT2D eigenvalue weighted by atomic mass is 10.2. The lowest BCUT2D eigenvalue weighted by molar-refractivity contribution is 1.05. The van der Waals surface area contributed by atoms with Gasteiger partial charge in [-0.1, -0.05) is 6.07 Å². The van der Waals surface area contributed by atoms with E-state index in [9.17, 15) is 0 Å². The average molecular weight is 242 g/mol. The van der Waals surface area contributed by atoms with Crippen molar-refractivity contribution in [2.24, 2.45) is 0 Å². The molecule has 0 saturated carbocycles. The number of nitrogens with zero attached hydrogens (tertiary/aromatic N) is 3. The zero-order valence-corrected chi connectivity index (χ0v) is 9.81. The maximum absolute atomic E-state index is 4.26. The van der Waals surface area contributed by atoms with E-state index in [0.29, 0.717) is 6.54 Å². The third-order valence-corrected chi connectivity index (χ3v) is 3.01. The van der Waals surface area contributed by atoms with Crippen LogP contribution >= 0.6 is 11.7 Å². The molecule has 2 heterocycles. The Kier molecular flexibility index (Phi) is 2.67. The fraction of sp³-hybridized carbons (Fsp3) is 0.0833. The van der Waals surface area contributed by atoms with Gasteiger partial charge in [-0.3, -0.25) is 4.98 Å². The van der Waals surface area contributed by atoms with E-state index < -0.39 is 0 Å². The molecule has 0 unspecified atom stereocenters. The molecular formula is C12H10N4S. The van der Waals surface area contributed by atoms with Crippen molar-refractivity contribution >= 4 is 28.4 Å². The van der Waals surface area contributed by atoms with Gasteiger partial charge in [0.2, 0.25) is 0 Å². The Labute approximate surface area is 103 Å². The number of nitrogens with one attached hydrogen (secondary N) is 1. The van der Waals surface area contributed by atoms with Crippen molar-refractivity contribution in [1.29, 1.82) is 0 Å². The summed E-state index contributed by atoms with van der Waals surface area (Å²) in [5, 5.41) is 3.32. The Bertz CT molecular complexity index is 620. The molecule has 17 heavy (non-hydrogen) atoms. The first-order valence-electron chi connectivity index (χ1n) is 5.28. The van der Waals surface area contributed by atoms with E-state index >= 15 is 0 Å². The van der Waals surface area contributed by atoms with Crippen LogP contribution in [0.25, 0.3) is 11.0 Å². The standard InChI is InChI=1S/C12H10N4S/c1-2-6-13-10(3-1)8-14-9-4-5-11-12(7-9)16-17-15-11/h1-7,14H,8H2. The van der Waals surface area contributed by atoms with Crippen molar-refractivity contribution in [3.8, 4) is 0 Å². The van der Waals surface area contributed by atoms with E-state index in [-0.39, 0.29) is 0 Å². The SMILES string of the molecule is c1ccc(CNc2ccc3nsnc3c2)nc1. The number of hydrogen-bond acceptors (Lipinski definition) is 5. The molecule has 0 bridgehead atoms. The van der Waals surface area contributed by atoms with Gasteiger partial charge in [0.25, 0.3) is 0 Å². The number of anilines is 1. The second kappa shape index (κ2) is 4.47. The smallest absolute Gasteiger partial charge is 0.106 e. The highest BCUT2D eigenvalue weighted by atomic mass is 32.1. The summed E-state index contributed by atoms with van der Waals surface area (Å²) in [6.07, 6.45) is 1.80. The van der Waals surface area contributed by atoms with Gasteiger partial charge in [-0.25, -0.2) is 0 Å².